The first-order chi connectivity index (χ1) is 17.9. The van der Waals surface area contributed by atoms with Crippen LogP contribution >= 0.6 is 11.3 Å². The fourth-order valence-corrected chi connectivity index (χ4v) is 6.63. The number of fused-ring (bicyclic) bond motifs is 2. The van der Waals surface area contributed by atoms with Crippen molar-refractivity contribution in [2.24, 2.45) is 17.3 Å². The average molecular weight is 543 g/mol. The first-order valence-electron chi connectivity index (χ1n) is 13.7. The number of carbonyl (C=O) groups excluding carboxylic acids is 2. The summed E-state index contributed by atoms with van der Waals surface area (Å²) in [6, 6.07) is 5.77. The van der Waals surface area contributed by atoms with Gasteiger partial charge in [-0.3, -0.25) is 9.59 Å². The molecule has 0 radical (unpaired) electrons. The summed E-state index contributed by atoms with van der Waals surface area (Å²) in [5.74, 6) is -1.37. The number of benzene rings is 1. The number of aliphatic hydroxyl groups is 2. The molecule has 208 valence electrons. The number of ketones is 1. The van der Waals surface area contributed by atoms with Gasteiger partial charge in [-0.2, -0.15) is 0 Å². The van der Waals surface area contributed by atoms with Crippen LogP contribution in [0.2, 0.25) is 0 Å². The second-order valence-corrected chi connectivity index (χ2v) is 13.3. The van der Waals surface area contributed by atoms with E-state index in [1.54, 1.807) is 31.3 Å². The number of thiazole rings is 1. The lowest BCUT2D eigenvalue weighted by Gasteiger charge is -2.36. The molecule has 0 aliphatic carbocycles. The fourth-order valence-electron chi connectivity index (χ4n) is 5.83. The number of aromatic nitrogens is 1. The summed E-state index contributed by atoms with van der Waals surface area (Å²) in [5, 5.41) is 26.3. The van der Waals surface area contributed by atoms with Gasteiger partial charge in [-0.05, 0) is 56.7 Å². The van der Waals surface area contributed by atoms with Gasteiger partial charge in [0.15, 0.2) is 0 Å². The molecule has 2 aliphatic heterocycles. The predicted octanol–water partition coefficient (Wildman–Crippen LogP) is 5.03. The van der Waals surface area contributed by atoms with Gasteiger partial charge in [0.05, 0.1) is 57.0 Å². The van der Waals surface area contributed by atoms with E-state index in [1.807, 2.05) is 32.0 Å². The Kier molecular flexibility index (Phi) is 8.48. The van der Waals surface area contributed by atoms with Crippen LogP contribution in [0.25, 0.3) is 10.2 Å². The standard InChI is InChI=1S/C30H42N2O5S/c1-7-9-20-27(35)17(2)10-8-13-30(6)25(37-30)15-21(19-11-12-23-22(14-19)31-18(3)38-23)32-26(34)16-24(33)29(4,5)28(20)36/h7,11-12,14,17,20-21,24-25,27,33,35H,1,8-10,13,15-16H2,2-6H3,(H,32,34). The highest BCUT2D eigenvalue weighted by atomic mass is 32.1. The van der Waals surface area contributed by atoms with E-state index in [0.29, 0.717) is 12.8 Å². The zero-order chi connectivity index (χ0) is 27.8. The van der Waals surface area contributed by atoms with Crippen molar-refractivity contribution in [3.8, 4) is 0 Å². The normalized spacial score (nSPS) is 34.9. The van der Waals surface area contributed by atoms with Crippen LogP contribution < -0.4 is 5.32 Å². The first-order valence-corrected chi connectivity index (χ1v) is 14.5. The molecule has 2 aliphatic rings. The molecule has 0 bridgehead atoms. The zero-order valence-electron chi connectivity index (χ0n) is 23.2. The molecule has 7 nitrogen and oxygen atoms in total. The van der Waals surface area contributed by atoms with E-state index in [4.69, 9.17) is 4.74 Å². The highest BCUT2D eigenvalue weighted by molar-refractivity contribution is 7.18. The molecule has 1 amide bonds. The number of hydrogen-bond acceptors (Lipinski definition) is 7. The lowest BCUT2D eigenvalue weighted by Crippen LogP contribution is -2.47. The van der Waals surface area contributed by atoms with Crippen LogP contribution in [0.3, 0.4) is 0 Å². The minimum Gasteiger partial charge on any atom is -0.392 e. The number of nitrogens with zero attached hydrogens (tertiary/aromatic N) is 1. The van der Waals surface area contributed by atoms with Crippen molar-refractivity contribution in [2.45, 2.75) is 103 Å². The minimum absolute atomic E-state index is 0.00902. The molecule has 4 rings (SSSR count). The maximum atomic E-state index is 13.6. The molecule has 1 aromatic carbocycles. The molecule has 7 unspecified atom stereocenters. The third-order valence-electron chi connectivity index (χ3n) is 8.67. The third-order valence-corrected chi connectivity index (χ3v) is 9.63. The number of Topliss-reactive ketones (excluding diaryl/α,β-unsaturated/α-hetero) is 1. The van der Waals surface area contributed by atoms with E-state index < -0.39 is 23.5 Å². The van der Waals surface area contributed by atoms with Crippen LogP contribution in [0.1, 0.15) is 82.8 Å². The van der Waals surface area contributed by atoms with Crippen molar-refractivity contribution in [3.63, 3.8) is 0 Å². The van der Waals surface area contributed by atoms with Crippen LogP contribution in [0.15, 0.2) is 30.9 Å². The van der Waals surface area contributed by atoms with Gasteiger partial charge in [-0.1, -0.05) is 39.3 Å². The Morgan fingerprint density at radius 3 is 2.71 bits per heavy atom. The van der Waals surface area contributed by atoms with Gasteiger partial charge < -0.3 is 20.3 Å². The van der Waals surface area contributed by atoms with Crippen LogP contribution in [-0.2, 0) is 14.3 Å². The SMILES string of the molecule is C=CCC1C(=O)C(C)(C)C(O)CC(=O)NC(c2ccc3sc(C)nc3c2)CC2OC2(C)CCCC(C)C1O. The molecule has 0 spiro atoms. The van der Waals surface area contributed by atoms with Gasteiger partial charge in [0.1, 0.15) is 5.78 Å². The molecule has 2 saturated heterocycles. The summed E-state index contributed by atoms with van der Waals surface area (Å²) in [4.78, 5) is 31.5. The van der Waals surface area contributed by atoms with E-state index in [1.165, 1.54) is 0 Å². The highest BCUT2D eigenvalue weighted by Gasteiger charge is 2.52. The summed E-state index contributed by atoms with van der Waals surface area (Å²) >= 11 is 1.63. The molecule has 7 atom stereocenters. The number of hydrogen-bond donors (Lipinski definition) is 3. The van der Waals surface area contributed by atoms with Gasteiger partial charge in [-0.25, -0.2) is 4.98 Å². The van der Waals surface area contributed by atoms with Crippen molar-refractivity contribution in [3.05, 3.63) is 41.4 Å². The third kappa shape index (κ3) is 6.03. The summed E-state index contributed by atoms with van der Waals surface area (Å²) in [6.07, 6.45) is 2.73. The molecular formula is C30H42N2O5S. The average Bonchev–Trinajstić information content (AvgIpc) is 3.32. The van der Waals surface area contributed by atoms with Crippen LogP contribution in [0.4, 0.5) is 0 Å². The van der Waals surface area contributed by atoms with Crippen molar-refractivity contribution < 1.29 is 24.5 Å². The number of amides is 1. The zero-order valence-corrected chi connectivity index (χ0v) is 24.0. The van der Waals surface area contributed by atoms with E-state index in [2.05, 4.69) is 23.8 Å². The summed E-state index contributed by atoms with van der Waals surface area (Å²) in [6.45, 7) is 13.1. The second-order valence-electron chi connectivity index (χ2n) is 12.0. The number of nitrogens with one attached hydrogen (secondary N) is 1. The van der Waals surface area contributed by atoms with Crippen LogP contribution in [0.5, 0.6) is 0 Å². The van der Waals surface area contributed by atoms with Gasteiger partial charge >= 0.3 is 0 Å². The van der Waals surface area contributed by atoms with Crippen LogP contribution in [-0.4, -0.2) is 50.8 Å². The Morgan fingerprint density at radius 2 is 2.00 bits per heavy atom. The topological polar surface area (TPSA) is 112 Å². The van der Waals surface area contributed by atoms with Crippen molar-refractivity contribution in [2.75, 3.05) is 0 Å². The number of allylic oxidation sites excluding steroid dienone is 1. The van der Waals surface area contributed by atoms with E-state index in [0.717, 1.165) is 40.1 Å². The van der Waals surface area contributed by atoms with E-state index >= 15 is 0 Å². The van der Waals surface area contributed by atoms with Crippen LogP contribution in [0, 0.1) is 24.2 Å². The van der Waals surface area contributed by atoms with Crippen molar-refractivity contribution in [1.29, 1.82) is 0 Å². The number of ether oxygens (including phenoxy) is 1. The van der Waals surface area contributed by atoms with Crippen molar-refractivity contribution >= 4 is 33.2 Å². The largest absolute Gasteiger partial charge is 0.392 e. The van der Waals surface area contributed by atoms with E-state index in [9.17, 15) is 19.8 Å². The fraction of sp³-hybridized carbons (Fsp3) is 0.633. The van der Waals surface area contributed by atoms with Gasteiger partial charge in [0.2, 0.25) is 5.91 Å². The quantitative estimate of drug-likeness (QED) is 0.371. The Hall–Kier alpha value is -2.13. The number of carbonyl (C=O) groups is 2. The summed E-state index contributed by atoms with van der Waals surface area (Å²) < 4.78 is 7.25. The Bertz CT molecular complexity index is 1190. The molecule has 8 heteroatoms. The molecule has 3 N–H and O–H groups in total. The summed E-state index contributed by atoms with van der Waals surface area (Å²) in [7, 11) is 0. The number of aliphatic hydroxyl groups excluding tert-OH is 2. The minimum atomic E-state index is -1.21. The lowest BCUT2D eigenvalue weighted by atomic mass is 9.71. The lowest BCUT2D eigenvalue weighted by molar-refractivity contribution is -0.144. The molecule has 3 heterocycles. The molecule has 38 heavy (non-hydrogen) atoms. The predicted molar refractivity (Wildman–Crippen MR) is 150 cm³/mol. The molecule has 2 aromatic rings. The van der Waals surface area contributed by atoms with Gasteiger partial charge in [0.25, 0.3) is 0 Å². The van der Waals surface area contributed by atoms with E-state index in [-0.39, 0.29) is 41.8 Å². The van der Waals surface area contributed by atoms with Gasteiger partial charge in [0, 0.05) is 12.3 Å². The number of epoxide rings is 1. The smallest absolute Gasteiger partial charge is 0.223 e. The maximum Gasteiger partial charge on any atom is 0.223 e. The van der Waals surface area contributed by atoms with Gasteiger partial charge in [-0.15, -0.1) is 17.9 Å². The first kappa shape index (κ1) is 28.9. The maximum absolute atomic E-state index is 13.6. The molecule has 0 saturated carbocycles. The van der Waals surface area contributed by atoms with Crippen molar-refractivity contribution in [1.82, 2.24) is 10.3 Å². The molecule has 2 fully saturated rings. The number of rotatable bonds is 3. The highest BCUT2D eigenvalue weighted by Crippen LogP contribution is 2.46. The summed E-state index contributed by atoms with van der Waals surface area (Å²) in [5.41, 5.74) is 0.346. The Balaban J connectivity index is 1.63. The number of aryl methyl sites for hydroxylation is 1. The molecule has 1 aromatic heterocycles. The second kappa shape index (κ2) is 11.2. The Morgan fingerprint density at radius 1 is 1.26 bits per heavy atom. The molecular weight excluding hydrogens is 500 g/mol. The monoisotopic (exact) mass is 542 g/mol. The Labute approximate surface area is 229 Å².